The maximum atomic E-state index is 12.5. The van der Waals surface area contributed by atoms with Crippen molar-refractivity contribution in [2.45, 2.75) is 40.9 Å². The third-order valence-electron chi connectivity index (χ3n) is 5.21. The first-order valence-electron chi connectivity index (χ1n) is 9.45. The second kappa shape index (κ2) is 7.99. The number of carbonyl (C=O) groups excluding carboxylic acids is 1. The summed E-state index contributed by atoms with van der Waals surface area (Å²) in [5, 5.41) is 0. The molecule has 3 rings (SSSR count). The molecule has 0 heterocycles. The van der Waals surface area contributed by atoms with E-state index in [4.69, 9.17) is 9.47 Å². The first-order chi connectivity index (χ1) is 12.9. The van der Waals surface area contributed by atoms with Crippen LogP contribution in [-0.4, -0.2) is 5.97 Å². The van der Waals surface area contributed by atoms with Crippen LogP contribution in [0.5, 0.6) is 5.75 Å². The summed E-state index contributed by atoms with van der Waals surface area (Å²) < 4.78 is 11.4. The summed E-state index contributed by atoms with van der Waals surface area (Å²) in [5.74, 6) is 0.889. The molecule has 0 radical (unpaired) electrons. The summed E-state index contributed by atoms with van der Waals surface area (Å²) >= 11 is 0. The number of rotatable bonds is 7. The number of carbonyl (C=O) groups is 1. The highest BCUT2D eigenvalue weighted by atomic mass is 16.5. The van der Waals surface area contributed by atoms with Crippen molar-refractivity contribution in [3.63, 3.8) is 0 Å². The Kier molecular flexibility index (Phi) is 5.69. The van der Waals surface area contributed by atoms with Crippen molar-refractivity contribution in [2.24, 2.45) is 17.3 Å². The molecule has 2 aromatic rings. The van der Waals surface area contributed by atoms with Crippen LogP contribution in [0.4, 0.5) is 0 Å². The van der Waals surface area contributed by atoms with Crippen molar-refractivity contribution in [2.75, 3.05) is 0 Å². The molecule has 2 aromatic carbocycles. The Morgan fingerprint density at radius 2 is 1.70 bits per heavy atom. The Morgan fingerprint density at radius 1 is 1.00 bits per heavy atom. The quantitative estimate of drug-likeness (QED) is 0.477. The maximum Gasteiger partial charge on any atom is 0.310 e. The molecule has 1 saturated carbocycles. The lowest BCUT2D eigenvalue weighted by molar-refractivity contribution is -0.147. The normalized spacial score (nSPS) is 19.9. The SMILES string of the molecule is CC(C)=C[C@@H]1[C@@H](C(=O)OCc2cccc(OCc3ccccc3)c2)C1(C)C. The van der Waals surface area contributed by atoms with Gasteiger partial charge in [0.05, 0.1) is 5.92 Å². The summed E-state index contributed by atoms with van der Waals surface area (Å²) in [6.45, 7) is 9.18. The van der Waals surface area contributed by atoms with E-state index in [0.29, 0.717) is 6.61 Å². The van der Waals surface area contributed by atoms with Crippen LogP contribution in [0.15, 0.2) is 66.2 Å². The minimum atomic E-state index is -0.113. The van der Waals surface area contributed by atoms with Crippen LogP contribution < -0.4 is 4.74 Å². The fraction of sp³-hybridized carbons (Fsp3) is 0.375. The van der Waals surface area contributed by atoms with Gasteiger partial charge in [-0.2, -0.15) is 0 Å². The van der Waals surface area contributed by atoms with E-state index in [0.717, 1.165) is 16.9 Å². The van der Waals surface area contributed by atoms with Gasteiger partial charge in [0.2, 0.25) is 0 Å². The van der Waals surface area contributed by atoms with Crippen molar-refractivity contribution in [1.29, 1.82) is 0 Å². The van der Waals surface area contributed by atoms with Gasteiger partial charge in [-0.1, -0.05) is 68.0 Å². The van der Waals surface area contributed by atoms with E-state index in [2.05, 4.69) is 33.8 Å². The summed E-state index contributed by atoms with van der Waals surface area (Å²) in [6, 6.07) is 17.8. The lowest BCUT2D eigenvalue weighted by Gasteiger charge is -2.09. The minimum Gasteiger partial charge on any atom is -0.489 e. The van der Waals surface area contributed by atoms with E-state index >= 15 is 0 Å². The molecular weight excluding hydrogens is 336 g/mol. The number of hydrogen-bond donors (Lipinski definition) is 0. The molecule has 1 aliphatic rings. The van der Waals surface area contributed by atoms with Gasteiger partial charge < -0.3 is 9.47 Å². The van der Waals surface area contributed by atoms with Gasteiger partial charge in [-0.05, 0) is 48.4 Å². The predicted molar refractivity (Wildman–Crippen MR) is 107 cm³/mol. The predicted octanol–water partition coefficient (Wildman–Crippen LogP) is 5.55. The molecule has 0 amide bonds. The van der Waals surface area contributed by atoms with Crippen molar-refractivity contribution in [3.05, 3.63) is 77.4 Å². The zero-order valence-corrected chi connectivity index (χ0v) is 16.6. The third kappa shape index (κ3) is 4.79. The summed E-state index contributed by atoms with van der Waals surface area (Å²) in [5.41, 5.74) is 3.28. The fourth-order valence-corrected chi connectivity index (χ4v) is 3.51. The molecule has 3 nitrogen and oxygen atoms in total. The highest BCUT2D eigenvalue weighted by molar-refractivity contribution is 5.78. The van der Waals surface area contributed by atoms with E-state index in [1.807, 2.05) is 54.6 Å². The Labute approximate surface area is 162 Å². The first-order valence-corrected chi connectivity index (χ1v) is 9.45. The Hall–Kier alpha value is -2.55. The Morgan fingerprint density at radius 3 is 2.41 bits per heavy atom. The van der Waals surface area contributed by atoms with Crippen molar-refractivity contribution in [1.82, 2.24) is 0 Å². The van der Waals surface area contributed by atoms with E-state index in [1.54, 1.807) is 0 Å². The lowest BCUT2D eigenvalue weighted by atomic mass is 10.1. The van der Waals surface area contributed by atoms with Crippen LogP contribution in [0.1, 0.15) is 38.8 Å². The maximum absolute atomic E-state index is 12.5. The summed E-state index contributed by atoms with van der Waals surface area (Å²) in [7, 11) is 0. The first kappa shape index (κ1) is 19.2. The molecule has 0 bridgehead atoms. The van der Waals surface area contributed by atoms with Gasteiger partial charge in [-0.25, -0.2) is 0 Å². The zero-order chi connectivity index (χ0) is 19.4. The number of allylic oxidation sites excluding steroid dienone is 2. The van der Waals surface area contributed by atoms with E-state index < -0.39 is 0 Å². The standard InChI is InChI=1S/C24H28O3/c1-17(2)13-21-22(24(21,3)4)23(25)27-16-19-11-8-12-20(14-19)26-15-18-9-6-5-7-10-18/h5-14,21-22H,15-16H2,1-4H3/t21-,22+/m1/s1. The van der Waals surface area contributed by atoms with Gasteiger partial charge in [0.1, 0.15) is 19.0 Å². The van der Waals surface area contributed by atoms with Gasteiger partial charge >= 0.3 is 5.97 Å². The molecule has 0 unspecified atom stereocenters. The lowest BCUT2D eigenvalue weighted by Crippen LogP contribution is -2.10. The molecule has 0 saturated heterocycles. The molecular formula is C24H28O3. The summed E-state index contributed by atoms with van der Waals surface area (Å²) in [4.78, 5) is 12.5. The largest absolute Gasteiger partial charge is 0.489 e. The molecule has 142 valence electrons. The fourth-order valence-electron chi connectivity index (χ4n) is 3.51. The average Bonchev–Trinajstić information content (AvgIpc) is 3.18. The Bertz CT molecular complexity index is 817. The van der Waals surface area contributed by atoms with Crippen molar-refractivity contribution >= 4 is 5.97 Å². The highest BCUT2D eigenvalue weighted by Gasteiger charge is 2.61. The molecule has 1 fully saturated rings. The number of hydrogen-bond acceptors (Lipinski definition) is 3. The van der Waals surface area contributed by atoms with Gasteiger partial charge in [-0.15, -0.1) is 0 Å². The molecule has 0 spiro atoms. The molecule has 0 aromatic heterocycles. The molecule has 3 heteroatoms. The van der Waals surface area contributed by atoms with Gasteiger partial charge in [-0.3, -0.25) is 4.79 Å². The van der Waals surface area contributed by atoms with Crippen LogP contribution in [0.3, 0.4) is 0 Å². The number of esters is 1. The molecule has 0 aliphatic heterocycles. The summed E-state index contributed by atoms with van der Waals surface area (Å²) in [6.07, 6.45) is 2.18. The van der Waals surface area contributed by atoms with E-state index in [9.17, 15) is 4.79 Å². The van der Waals surface area contributed by atoms with E-state index in [1.165, 1.54) is 5.57 Å². The van der Waals surface area contributed by atoms with Crippen molar-refractivity contribution < 1.29 is 14.3 Å². The third-order valence-corrected chi connectivity index (χ3v) is 5.21. The second-order valence-electron chi connectivity index (χ2n) is 8.10. The van der Waals surface area contributed by atoms with Gasteiger partial charge in [0, 0.05) is 0 Å². The van der Waals surface area contributed by atoms with E-state index in [-0.39, 0.29) is 29.8 Å². The zero-order valence-electron chi connectivity index (χ0n) is 16.6. The number of ether oxygens (including phenoxy) is 2. The monoisotopic (exact) mass is 364 g/mol. The molecule has 0 N–H and O–H groups in total. The van der Waals surface area contributed by atoms with Crippen LogP contribution >= 0.6 is 0 Å². The molecule has 27 heavy (non-hydrogen) atoms. The van der Waals surface area contributed by atoms with Crippen LogP contribution in [0, 0.1) is 17.3 Å². The molecule has 2 atom stereocenters. The smallest absolute Gasteiger partial charge is 0.310 e. The van der Waals surface area contributed by atoms with Crippen LogP contribution in [0.2, 0.25) is 0 Å². The number of benzene rings is 2. The van der Waals surface area contributed by atoms with Crippen LogP contribution in [0.25, 0.3) is 0 Å². The minimum absolute atomic E-state index is 0.0189. The van der Waals surface area contributed by atoms with Gasteiger partial charge in [0.15, 0.2) is 0 Å². The topological polar surface area (TPSA) is 35.5 Å². The van der Waals surface area contributed by atoms with Gasteiger partial charge in [0.25, 0.3) is 0 Å². The average molecular weight is 364 g/mol. The molecule has 1 aliphatic carbocycles. The van der Waals surface area contributed by atoms with Crippen LogP contribution in [-0.2, 0) is 22.7 Å². The Balaban J connectivity index is 1.54. The van der Waals surface area contributed by atoms with Crippen molar-refractivity contribution in [3.8, 4) is 5.75 Å². The second-order valence-corrected chi connectivity index (χ2v) is 8.10. The highest BCUT2D eigenvalue weighted by Crippen LogP contribution is 2.59.